The quantitative estimate of drug-likeness (QED) is 0.0269. The number of primary amides is 2. The standard InChI is InChI=1S/C73H124N18O25S/c1-16-36(10)54(76)69(111)86-46(29-33(4)5)67(109)84-45(28-32(2)3)66(108)81-41(19-22-49(74)94)61(103)77-31-51(96)87-58(40(14)93)72(114)91-26-17-18-48(91)68(110)88-55(34(6)7)70(112)79-37(11)59(101)80-42(20-23-50(75)95)62(104)82-44(25-27-117-15)64(106)90-57(39(13)92)71(113)83-43(21-24-52(97)98)63(105)85-47(30-53(99)100)65(107)78-38(12)60(102)89-56(35(8)9)73(115)116/h32-48,54-58,92-93H,16-31,76H2,1-15H3,(H2,74,94)(H2,75,95)(H,77,103)(H,78,107)(H,79,112)(H,80,101)(H,81,108)(H,82,104)(H,83,113)(H,84,109)(H,85,105)(H,86,111)(H,87,96)(H,88,110)(H,89,102)(H,90,106)(H,97,98)(H,99,100)(H,115,116)/t36-,37-,38-,39+,40+,41-,42-,43-,44-,45-,46-,47-,48-,54-,55-,56-,57-,58-/m0/s1. The summed E-state index contributed by atoms with van der Waals surface area (Å²) in [5.74, 6) is -23.5. The van der Waals surface area contributed by atoms with Crippen molar-refractivity contribution in [3.63, 3.8) is 0 Å². The summed E-state index contributed by atoms with van der Waals surface area (Å²) in [6, 6.07) is -23.1. The molecule has 17 amide bonds. The van der Waals surface area contributed by atoms with Crippen molar-refractivity contribution in [2.75, 3.05) is 25.1 Å². The molecule has 1 aliphatic rings. The van der Waals surface area contributed by atoms with Crippen molar-refractivity contribution in [2.24, 2.45) is 46.8 Å². The van der Waals surface area contributed by atoms with Crippen LogP contribution in [0, 0.1) is 29.6 Å². The molecular formula is C73H124N18O25S. The number of carbonyl (C=O) groups is 20. The lowest BCUT2D eigenvalue weighted by Gasteiger charge is -2.31. The van der Waals surface area contributed by atoms with Crippen LogP contribution in [0.25, 0.3) is 0 Å². The summed E-state index contributed by atoms with van der Waals surface area (Å²) in [6.45, 7) is 20.4. The van der Waals surface area contributed by atoms with Crippen molar-refractivity contribution in [3.05, 3.63) is 0 Å². The predicted octanol–water partition coefficient (Wildman–Crippen LogP) is -6.32. The summed E-state index contributed by atoms with van der Waals surface area (Å²) in [7, 11) is 0. The molecule has 0 bridgehead atoms. The zero-order valence-corrected chi connectivity index (χ0v) is 69.8. The Morgan fingerprint density at radius 2 is 0.821 bits per heavy atom. The number of amides is 17. The van der Waals surface area contributed by atoms with E-state index in [4.69, 9.17) is 17.2 Å². The van der Waals surface area contributed by atoms with Crippen LogP contribution in [0.4, 0.5) is 0 Å². The molecule has 18 atom stereocenters. The molecule has 1 aliphatic heterocycles. The van der Waals surface area contributed by atoms with E-state index in [-0.39, 0.29) is 68.6 Å². The summed E-state index contributed by atoms with van der Waals surface area (Å²) in [5.41, 5.74) is 17.0. The highest BCUT2D eigenvalue weighted by molar-refractivity contribution is 7.98. The maximum absolute atomic E-state index is 14.3. The second kappa shape index (κ2) is 51.6. The highest BCUT2D eigenvalue weighted by Crippen LogP contribution is 2.21. The zero-order valence-electron chi connectivity index (χ0n) is 69.0. The van der Waals surface area contributed by atoms with Gasteiger partial charge in [0.2, 0.25) is 100 Å². The fraction of sp³-hybridized carbons (Fsp3) is 0.726. The third-order valence-electron chi connectivity index (χ3n) is 18.8. The van der Waals surface area contributed by atoms with E-state index in [2.05, 4.69) is 74.4 Å². The highest BCUT2D eigenvalue weighted by atomic mass is 32.2. The molecule has 1 heterocycles. The van der Waals surface area contributed by atoms with Crippen molar-refractivity contribution < 1.29 is 121 Å². The van der Waals surface area contributed by atoms with Gasteiger partial charge < -0.3 is 122 Å². The minimum atomic E-state index is -2.02. The number of carboxylic acid groups (broad SMARTS) is 3. The fourth-order valence-corrected chi connectivity index (χ4v) is 12.2. The van der Waals surface area contributed by atoms with Crippen LogP contribution >= 0.6 is 11.8 Å². The van der Waals surface area contributed by atoms with Crippen LogP contribution in [0.3, 0.4) is 0 Å². The van der Waals surface area contributed by atoms with E-state index in [9.17, 15) is 121 Å². The number of thioether (sulfide) groups is 1. The van der Waals surface area contributed by atoms with Crippen molar-refractivity contribution in [1.29, 1.82) is 0 Å². The van der Waals surface area contributed by atoms with Gasteiger partial charge in [-0.15, -0.1) is 0 Å². The minimum Gasteiger partial charge on any atom is -0.481 e. The summed E-state index contributed by atoms with van der Waals surface area (Å²) in [6.07, 6.45) is -5.64. The van der Waals surface area contributed by atoms with E-state index in [1.165, 1.54) is 46.4 Å². The number of carbonyl (C=O) groups excluding carboxylic acids is 17. The van der Waals surface area contributed by atoms with E-state index in [0.29, 0.717) is 6.42 Å². The average molecular weight is 1690 g/mol. The van der Waals surface area contributed by atoms with Crippen LogP contribution in [0.2, 0.25) is 0 Å². The molecule has 44 heteroatoms. The summed E-state index contributed by atoms with van der Waals surface area (Å²) in [4.78, 5) is 268. The highest BCUT2D eigenvalue weighted by Gasteiger charge is 2.43. The normalized spacial score (nSPS) is 17.0. The largest absolute Gasteiger partial charge is 0.481 e. The molecule has 0 spiro atoms. The SMILES string of the molecule is CC[C@H](C)[C@H](N)C(=O)N[C@@H](CC(C)C)C(=O)N[C@@H](CC(C)C)C(=O)N[C@@H](CCC(N)=O)C(=O)NCC(=O)N[C@H](C(=O)N1CCC[C@H]1C(=O)N[C@H](C(=O)N[C@@H](C)C(=O)N[C@@H](CCC(N)=O)C(=O)N[C@@H](CCSC)C(=O)N[C@H](C(=O)N[C@@H](CCC(=O)O)C(=O)N[C@@H](CC(=O)O)C(=O)N[C@@H](C)C(=O)N[C@H](C(=O)O)C(C)C)[C@@H](C)O)C(C)C)[C@@H](C)O. The van der Waals surface area contributed by atoms with Crippen molar-refractivity contribution >= 4 is 130 Å². The Kier molecular flexibility index (Phi) is 46.2. The van der Waals surface area contributed by atoms with Gasteiger partial charge in [0, 0.05) is 25.8 Å². The van der Waals surface area contributed by atoms with Crippen molar-refractivity contribution in [3.8, 4) is 0 Å². The van der Waals surface area contributed by atoms with E-state index in [1.54, 1.807) is 27.0 Å². The number of nitrogens with zero attached hydrogens (tertiary/aromatic N) is 1. The summed E-state index contributed by atoms with van der Waals surface area (Å²) in [5, 5.41) is 83.7. The van der Waals surface area contributed by atoms with Gasteiger partial charge in [0.05, 0.1) is 31.2 Å². The monoisotopic (exact) mass is 1680 g/mol. The van der Waals surface area contributed by atoms with Crippen molar-refractivity contribution in [2.45, 2.75) is 283 Å². The minimum absolute atomic E-state index is 0.0132. The molecule has 0 saturated carbocycles. The molecular weight excluding hydrogens is 1560 g/mol. The molecule has 1 saturated heterocycles. The van der Waals surface area contributed by atoms with E-state index >= 15 is 0 Å². The first-order chi connectivity index (χ1) is 54.4. The van der Waals surface area contributed by atoms with Gasteiger partial charge in [-0.3, -0.25) is 91.1 Å². The smallest absolute Gasteiger partial charge is 0.326 e. The topological polar surface area (TPSA) is 692 Å². The van der Waals surface area contributed by atoms with Gasteiger partial charge in [0.1, 0.15) is 84.6 Å². The first-order valence-corrected chi connectivity index (χ1v) is 40.1. The number of aliphatic hydroxyl groups is 2. The molecule has 0 aliphatic carbocycles. The molecule has 662 valence electrons. The van der Waals surface area contributed by atoms with Crippen LogP contribution < -0.4 is 91.6 Å². The van der Waals surface area contributed by atoms with Gasteiger partial charge >= 0.3 is 17.9 Å². The van der Waals surface area contributed by atoms with E-state index < -0.39 is 278 Å². The summed E-state index contributed by atoms with van der Waals surface area (Å²) >= 11 is 1.18. The number of aliphatic hydroxyl groups excluding tert-OH is 2. The fourth-order valence-electron chi connectivity index (χ4n) is 11.7. The molecule has 0 aromatic heterocycles. The Balaban J connectivity index is 3.39. The molecule has 25 N–H and O–H groups in total. The van der Waals surface area contributed by atoms with Gasteiger partial charge in [-0.1, -0.05) is 75.7 Å². The first kappa shape index (κ1) is 105. The van der Waals surface area contributed by atoms with Gasteiger partial charge in [-0.05, 0) is 121 Å². The lowest BCUT2D eigenvalue weighted by atomic mass is 9.97. The Hall–Kier alpha value is -10.4. The number of rotatable bonds is 54. The number of hydrogen-bond acceptors (Lipinski definition) is 24. The molecule has 43 nitrogen and oxygen atoms in total. The Morgan fingerprint density at radius 1 is 0.427 bits per heavy atom. The molecule has 0 aromatic rings. The number of likely N-dealkylation sites (tertiary alicyclic amines) is 1. The lowest BCUT2D eigenvalue weighted by molar-refractivity contribution is -0.144. The average Bonchev–Trinajstić information content (AvgIpc) is 1.71. The third kappa shape index (κ3) is 37.6. The van der Waals surface area contributed by atoms with E-state index in [1.807, 2.05) is 20.8 Å². The lowest BCUT2D eigenvalue weighted by Crippen LogP contribution is -2.62. The van der Waals surface area contributed by atoms with Crippen LogP contribution in [0.5, 0.6) is 0 Å². The van der Waals surface area contributed by atoms with Crippen LogP contribution in [0.1, 0.15) is 180 Å². The summed E-state index contributed by atoms with van der Waals surface area (Å²) < 4.78 is 0. The number of carboxylic acids is 3. The first-order valence-electron chi connectivity index (χ1n) is 38.7. The third-order valence-corrected chi connectivity index (χ3v) is 19.4. The van der Waals surface area contributed by atoms with E-state index in [0.717, 1.165) is 25.7 Å². The van der Waals surface area contributed by atoms with Crippen molar-refractivity contribution in [1.82, 2.24) is 79.3 Å². The number of nitrogens with one attached hydrogen (secondary N) is 14. The number of hydrogen-bond donors (Lipinski definition) is 22. The molecule has 0 radical (unpaired) electrons. The molecule has 0 aromatic carbocycles. The number of aliphatic carboxylic acids is 3. The predicted molar refractivity (Wildman–Crippen MR) is 420 cm³/mol. The zero-order chi connectivity index (χ0) is 89.7. The van der Waals surface area contributed by atoms with Crippen LogP contribution in [0.15, 0.2) is 0 Å². The van der Waals surface area contributed by atoms with Crippen LogP contribution in [-0.2, 0) is 95.9 Å². The van der Waals surface area contributed by atoms with Gasteiger partial charge in [0.25, 0.3) is 0 Å². The maximum Gasteiger partial charge on any atom is 0.326 e. The molecule has 1 rings (SSSR count). The Labute approximate surface area is 683 Å². The molecule has 117 heavy (non-hydrogen) atoms. The van der Waals surface area contributed by atoms with Gasteiger partial charge in [-0.25, -0.2) is 4.79 Å². The maximum atomic E-state index is 14.3. The second-order valence-corrected chi connectivity index (χ2v) is 31.6. The van der Waals surface area contributed by atoms with Gasteiger partial charge in [-0.2, -0.15) is 11.8 Å². The molecule has 1 fully saturated rings. The second-order valence-electron chi connectivity index (χ2n) is 30.6. The number of nitrogens with two attached hydrogens (primary N) is 3. The Morgan fingerprint density at radius 3 is 1.26 bits per heavy atom. The van der Waals surface area contributed by atoms with Crippen LogP contribution in [-0.4, -0.2) is 277 Å². The molecule has 0 unspecified atom stereocenters. The Bertz CT molecular complexity index is 3490. The van der Waals surface area contributed by atoms with Gasteiger partial charge in [0.15, 0.2) is 0 Å².